The molecule has 3 N–H and O–H groups in total. The first-order chi connectivity index (χ1) is 7.18. The molecule has 0 aliphatic rings. The van der Waals surface area contributed by atoms with Gasteiger partial charge in [-0.1, -0.05) is 6.07 Å². The lowest BCUT2D eigenvalue weighted by atomic mass is 10.1. The summed E-state index contributed by atoms with van der Waals surface area (Å²) in [5.74, 6) is -1.01. The SMILES string of the molecule is Nc1ncc(-c2cccs2)cc1C(=O)O. The number of carboxylic acids is 1. The second-order valence-corrected chi connectivity index (χ2v) is 3.89. The lowest BCUT2D eigenvalue weighted by Gasteiger charge is -2.02. The van der Waals surface area contributed by atoms with E-state index in [9.17, 15) is 4.79 Å². The zero-order valence-electron chi connectivity index (χ0n) is 7.68. The van der Waals surface area contributed by atoms with E-state index in [0.29, 0.717) is 0 Å². The first-order valence-corrected chi connectivity index (χ1v) is 5.09. The number of pyridine rings is 1. The third-order valence-corrected chi connectivity index (χ3v) is 2.87. The molecule has 0 aliphatic heterocycles. The second kappa shape index (κ2) is 3.70. The highest BCUT2D eigenvalue weighted by atomic mass is 32.1. The van der Waals surface area contributed by atoms with Crippen molar-refractivity contribution in [2.45, 2.75) is 0 Å². The van der Waals surface area contributed by atoms with Crippen LogP contribution >= 0.6 is 11.3 Å². The van der Waals surface area contributed by atoms with Crippen LogP contribution < -0.4 is 5.73 Å². The third-order valence-electron chi connectivity index (χ3n) is 1.95. The predicted octanol–water partition coefficient (Wildman–Crippen LogP) is 2.09. The summed E-state index contributed by atoms with van der Waals surface area (Å²) in [6.07, 6.45) is 1.58. The van der Waals surface area contributed by atoms with E-state index in [2.05, 4.69) is 4.98 Å². The number of anilines is 1. The van der Waals surface area contributed by atoms with Crippen LogP contribution in [0.15, 0.2) is 29.8 Å². The Morgan fingerprint density at radius 1 is 1.53 bits per heavy atom. The fourth-order valence-electron chi connectivity index (χ4n) is 1.22. The molecule has 0 radical (unpaired) electrons. The molecule has 0 saturated heterocycles. The number of thiophene rings is 1. The Morgan fingerprint density at radius 3 is 2.93 bits per heavy atom. The highest BCUT2D eigenvalue weighted by Gasteiger charge is 2.10. The smallest absolute Gasteiger partial charge is 0.339 e. The Hall–Kier alpha value is -1.88. The van der Waals surface area contributed by atoms with Crippen molar-refractivity contribution in [1.82, 2.24) is 4.98 Å². The molecule has 0 unspecified atom stereocenters. The molecule has 0 spiro atoms. The molecule has 0 saturated carbocycles. The Labute approximate surface area is 90.0 Å². The first-order valence-electron chi connectivity index (χ1n) is 4.21. The van der Waals surface area contributed by atoms with Crippen molar-refractivity contribution in [3.05, 3.63) is 35.3 Å². The van der Waals surface area contributed by atoms with Gasteiger partial charge in [0.2, 0.25) is 0 Å². The van der Waals surface area contributed by atoms with Gasteiger partial charge in [-0.05, 0) is 17.5 Å². The minimum Gasteiger partial charge on any atom is -0.478 e. The molecule has 5 heteroatoms. The number of nitrogens with zero attached hydrogens (tertiary/aromatic N) is 1. The molecule has 0 bridgehead atoms. The van der Waals surface area contributed by atoms with E-state index >= 15 is 0 Å². The molecular formula is C10H8N2O2S. The maximum absolute atomic E-state index is 10.8. The summed E-state index contributed by atoms with van der Waals surface area (Å²) in [7, 11) is 0. The molecule has 0 aromatic carbocycles. The van der Waals surface area contributed by atoms with Gasteiger partial charge in [-0.3, -0.25) is 0 Å². The maximum Gasteiger partial charge on any atom is 0.339 e. The number of hydrogen-bond acceptors (Lipinski definition) is 4. The Kier molecular flexibility index (Phi) is 2.39. The van der Waals surface area contributed by atoms with Crippen LogP contribution in [-0.2, 0) is 0 Å². The summed E-state index contributed by atoms with van der Waals surface area (Å²) < 4.78 is 0. The Morgan fingerprint density at radius 2 is 2.33 bits per heavy atom. The van der Waals surface area contributed by atoms with Crippen molar-refractivity contribution in [2.24, 2.45) is 0 Å². The van der Waals surface area contributed by atoms with Crippen LogP contribution in [-0.4, -0.2) is 16.1 Å². The minimum atomic E-state index is -1.06. The van der Waals surface area contributed by atoms with Gasteiger partial charge < -0.3 is 10.8 Å². The number of nitrogen functional groups attached to an aromatic ring is 1. The number of aromatic nitrogens is 1. The van der Waals surface area contributed by atoms with Crippen LogP contribution in [0.1, 0.15) is 10.4 Å². The number of carboxylic acid groups (broad SMARTS) is 1. The van der Waals surface area contributed by atoms with Crippen LogP contribution in [0, 0.1) is 0 Å². The number of carbonyl (C=O) groups is 1. The molecule has 0 fully saturated rings. The summed E-state index contributed by atoms with van der Waals surface area (Å²) >= 11 is 1.53. The van der Waals surface area contributed by atoms with E-state index in [1.165, 1.54) is 17.4 Å². The largest absolute Gasteiger partial charge is 0.478 e. The van der Waals surface area contributed by atoms with E-state index in [1.807, 2.05) is 17.5 Å². The van der Waals surface area contributed by atoms with E-state index in [-0.39, 0.29) is 11.4 Å². The number of aromatic carboxylic acids is 1. The Balaban J connectivity index is 2.52. The molecule has 2 aromatic rings. The summed E-state index contributed by atoms with van der Waals surface area (Å²) in [4.78, 5) is 15.7. The number of nitrogens with two attached hydrogens (primary N) is 1. The van der Waals surface area contributed by atoms with Gasteiger partial charge in [-0.25, -0.2) is 9.78 Å². The van der Waals surface area contributed by atoms with Gasteiger partial charge in [0, 0.05) is 16.6 Å². The normalized spacial score (nSPS) is 10.1. The van der Waals surface area contributed by atoms with Crippen molar-refractivity contribution >= 4 is 23.1 Å². The van der Waals surface area contributed by atoms with E-state index in [1.54, 1.807) is 6.20 Å². The van der Waals surface area contributed by atoms with Gasteiger partial charge >= 0.3 is 5.97 Å². The highest BCUT2D eigenvalue weighted by molar-refractivity contribution is 7.13. The molecule has 76 valence electrons. The standard InChI is InChI=1S/C10H8N2O2S/c11-9-7(10(13)14)4-6(5-12-9)8-2-1-3-15-8/h1-5H,(H2,11,12)(H,13,14). The van der Waals surface area contributed by atoms with Crippen molar-refractivity contribution in [3.8, 4) is 10.4 Å². The van der Waals surface area contributed by atoms with Crippen LogP contribution in [0.3, 0.4) is 0 Å². The van der Waals surface area contributed by atoms with Crippen molar-refractivity contribution < 1.29 is 9.90 Å². The van der Waals surface area contributed by atoms with Gasteiger partial charge in [0.15, 0.2) is 0 Å². The predicted molar refractivity (Wildman–Crippen MR) is 58.9 cm³/mol. The average molecular weight is 220 g/mol. The fraction of sp³-hybridized carbons (Fsp3) is 0. The lowest BCUT2D eigenvalue weighted by molar-refractivity contribution is 0.0698. The maximum atomic E-state index is 10.8. The Bertz CT molecular complexity index is 494. The monoisotopic (exact) mass is 220 g/mol. The second-order valence-electron chi connectivity index (χ2n) is 2.94. The molecule has 15 heavy (non-hydrogen) atoms. The molecule has 4 nitrogen and oxygen atoms in total. The topological polar surface area (TPSA) is 76.2 Å². The molecule has 0 aliphatic carbocycles. The average Bonchev–Trinajstić information content (AvgIpc) is 2.71. The van der Waals surface area contributed by atoms with Crippen LogP contribution in [0.5, 0.6) is 0 Å². The van der Waals surface area contributed by atoms with E-state index in [4.69, 9.17) is 10.8 Å². The zero-order valence-corrected chi connectivity index (χ0v) is 8.49. The van der Waals surface area contributed by atoms with Crippen molar-refractivity contribution in [2.75, 3.05) is 5.73 Å². The number of hydrogen-bond donors (Lipinski definition) is 2. The van der Waals surface area contributed by atoms with Gasteiger partial charge in [0.25, 0.3) is 0 Å². The molecule has 2 heterocycles. The summed E-state index contributed by atoms with van der Waals surface area (Å²) in [6, 6.07) is 5.34. The van der Waals surface area contributed by atoms with E-state index < -0.39 is 5.97 Å². The summed E-state index contributed by atoms with van der Waals surface area (Å²) in [6.45, 7) is 0. The van der Waals surface area contributed by atoms with Gasteiger partial charge in [-0.15, -0.1) is 11.3 Å². The fourth-order valence-corrected chi connectivity index (χ4v) is 1.93. The van der Waals surface area contributed by atoms with Crippen LogP contribution in [0.2, 0.25) is 0 Å². The van der Waals surface area contributed by atoms with E-state index in [0.717, 1.165) is 10.4 Å². The first kappa shape index (κ1) is 9.67. The van der Waals surface area contributed by atoms with Crippen LogP contribution in [0.4, 0.5) is 5.82 Å². The molecule has 2 rings (SSSR count). The van der Waals surface area contributed by atoms with Crippen molar-refractivity contribution in [1.29, 1.82) is 0 Å². The summed E-state index contributed by atoms with van der Waals surface area (Å²) in [5.41, 5.74) is 6.27. The summed E-state index contributed by atoms with van der Waals surface area (Å²) in [5, 5.41) is 10.8. The minimum absolute atomic E-state index is 0.0425. The number of rotatable bonds is 2. The quantitative estimate of drug-likeness (QED) is 0.812. The molecule has 0 atom stereocenters. The van der Waals surface area contributed by atoms with Gasteiger partial charge in [0.1, 0.15) is 11.4 Å². The molecular weight excluding hydrogens is 212 g/mol. The highest BCUT2D eigenvalue weighted by Crippen LogP contribution is 2.26. The zero-order chi connectivity index (χ0) is 10.8. The molecule has 0 amide bonds. The van der Waals surface area contributed by atoms with Gasteiger partial charge in [0.05, 0.1) is 0 Å². The lowest BCUT2D eigenvalue weighted by Crippen LogP contribution is -2.04. The van der Waals surface area contributed by atoms with Crippen LogP contribution in [0.25, 0.3) is 10.4 Å². The third kappa shape index (κ3) is 1.82. The van der Waals surface area contributed by atoms with Gasteiger partial charge in [-0.2, -0.15) is 0 Å². The van der Waals surface area contributed by atoms with Crippen molar-refractivity contribution in [3.63, 3.8) is 0 Å². The molecule has 2 aromatic heterocycles.